The van der Waals surface area contributed by atoms with Gasteiger partial charge in [0.15, 0.2) is 41.5 Å². The molecule has 0 saturated carbocycles. The van der Waals surface area contributed by atoms with Crippen LogP contribution in [0.25, 0.3) is 22.0 Å². The van der Waals surface area contributed by atoms with E-state index >= 15 is 0 Å². The number of fused-ring (bicyclic) bond motifs is 4. The quantitative estimate of drug-likeness (QED) is 0.456. The van der Waals surface area contributed by atoms with Gasteiger partial charge in [-0.1, -0.05) is 6.92 Å². The minimum absolute atomic E-state index is 0.0826. The zero-order valence-corrected chi connectivity index (χ0v) is 18.0. The van der Waals surface area contributed by atoms with Crippen LogP contribution in [0.5, 0.6) is 23.0 Å². The Morgan fingerprint density at radius 1 is 0.933 bits per heavy atom. The molecular weight excluding hydrogens is 382 g/mol. The molecule has 0 N–H and O–H groups in total. The first-order chi connectivity index (χ1) is 14.6. The van der Waals surface area contributed by atoms with E-state index in [2.05, 4.69) is 10.8 Å². The number of ether oxygens (including phenoxy) is 4. The second-order valence-corrected chi connectivity index (χ2v) is 7.20. The molecule has 0 aliphatic carbocycles. The van der Waals surface area contributed by atoms with Gasteiger partial charge in [0.25, 0.3) is 0 Å². The maximum atomic E-state index is 13.2. The Balaban J connectivity index is 2.12. The summed E-state index contributed by atoms with van der Waals surface area (Å²) in [5, 5.41) is 1.72. The van der Waals surface area contributed by atoms with Crippen molar-refractivity contribution in [2.45, 2.75) is 26.3 Å². The van der Waals surface area contributed by atoms with E-state index in [4.69, 9.17) is 18.9 Å². The van der Waals surface area contributed by atoms with Crippen LogP contribution in [0.15, 0.2) is 30.5 Å². The maximum Gasteiger partial charge on any atom is 0.224 e. The topological polar surface area (TPSA) is 57.9 Å². The van der Waals surface area contributed by atoms with Gasteiger partial charge in [-0.05, 0) is 29.8 Å². The highest BCUT2D eigenvalue weighted by atomic mass is 16.5. The predicted octanol–water partition coefficient (Wildman–Crippen LogP) is 3.98. The summed E-state index contributed by atoms with van der Waals surface area (Å²) in [7, 11) is 6.49. The second kappa shape index (κ2) is 7.86. The number of aryl methyl sites for hydroxylation is 2. The average molecular weight is 408 g/mol. The fraction of sp³-hybridized carbons (Fsp3) is 0.333. The fourth-order valence-corrected chi connectivity index (χ4v) is 4.30. The van der Waals surface area contributed by atoms with Crippen molar-refractivity contribution >= 4 is 16.6 Å². The average Bonchev–Trinajstić information content (AvgIpc) is 2.79. The third-order valence-corrected chi connectivity index (χ3v) is 5.75. The largest absolute Gasteiger partial charge is 0.493 e. The molecule has 0 atom stereocenters. The van der Waals surface area contributed by atoms with E-state index in [1.165, 1.54) is 0 Å². The summed E-state index contributed by atoms with van der Waals surface area (Å²) in [6.45, 7) is 2.63. The van der Waals surface area contributed by atoms with E-state index in [0.717, 1.165) is 40.6 Å². The molecule has 2 aromatic carbocycles. The van der Waals surface area contributed by atoms with Gasteiger partial charge in [0.1, 0.15) is 0 Å². The Morgan fingerprint density at radius 2 is 1.63 bits per heavy atom. The zero-order chi connectivity index (χ0) is 21.4. The van der Waals surface area contributed by atoms with Crippen LogP contribution in [0.4, 0.5) is 0 Å². The summed E-state index contributed by atoms with van der Waals surface area (Å²) in [5.41, 5.74) is 3.73. The van der Waals surface area contributed by atoms with E-state index < -0.39 is 0 Å². The van der Waals surface area contributed by atoms with Crippen molar-refractivity contribution < 1.29 is 28.3 Å². The van der Waals surface area contributed by atoms with Gasteiger partial charge in [0.2, 0.25) is 5.69 Å². The summed E-state index contributed by atoms with van der Waals surface area (Å²) in [6, 6.07) is 7.77. The molecule has 30 heavy (non-hydrogen) atoms. The van der Waals surface area contributed by atoms with Crippen LogP contribution in [0.1, 0.15) is 29.3 Å². The molecule has 0 bridgehead atoms. The van der Waals surface area contributed by atoms with Crippen molar-refractivity contribution in [2.24, 2.45) is 0 Å². The summed E-state index contributed by atoms with van der Waals surface area (Å²) >= 11 is 0. The number of nitrogens with zero attached hydrogens (tertiary/aromatic N) is 1. The number of pyridine rings is 1. The smallest absolute Gasteiger partial charge is 0.224 e. The standard InChI is InChI=1S/C24H26NO5/c1-6-18(26)22-15-7-8-19(27-2)24(30-5)17(15)13-25-10-9-14-11-20(28-3)21(29-4)12-16(14)23(22)25/h7-8,11-13H,6,9-10H2,1-5H3/q+1. The number of aromatic nitrogens is 1. The third kappa shape index (κ3) is 2.95. The Bertz CT molecular complexity index is 1150. The highest BCUT2D eigenvalue weighted by Gasteiger charge is 2.33. The molecule has 0 amide bonds. The lowest BCUT2D eigenvalue weighted by atomic mass is 9.89. The lowest BCUT2D eigenvalue weighted by molar-refractivity contribution is -0.686. The first-order valence-electron chi connectivity index (χ1n) is 9.97. The number of benzene rings is 2. The number of hydrogen-bond acceptors (Lipinski definition) is 5. The SMILES string of the molecule is CCC(=O)c1c2[n+](cc3c(OC)c(OC)ccc13)CCc1cc(OC)c(OC)cc1-2. The first kappa shape index (κ1) is 20.0. The number of hydrogen-bond donors (Lipinski definition) is 0. The monoisotopic (exact) mass is 408 g/mol. The number of carbonyl (C=O) groups is 1. The van der Waals surface area contributed by atoms with Gasteiger partial charge >= 0.3 is 0 Å². The van der Waals surface area contributed by atoms with Crippen LogP contribution in [0.2, 0.25) is 0 Å². The number of Topliss-reactive ketones (excluding diaryl/α,β-unsaturated/α-hetero) is 1. The van der Waals surface area contributed by atoms with Crippen molar-refractivity contribution in [2.75, 3.05) is 28.4 Å². The van der Waals surface area contributed by atoms with E-state index in [-0.39, 0.29) is 5.78 Å². The summed E-state index contributed by atoms with van der Waals surface area (Å²) in [6.07, 6.45) is 3.28. The molecule has 4 rings (SSSR count). The highest BCUT2D eigenvalue weighted by molar-refractivity contribution is 6.13. The van der Waals surface area contributed by atoms with Crippen molar-refractivity contribution in [3.63, 3.8) is 0 Å². The molecular formula is C24H26NO5+. The van der Waals surface area contributed by atoms with Crippen LogP contribution >= 0.6 is 0 Å². The second-order valence-electron chi connectivity index (χ2n) is 7.20. The number of carbonyl (C=O) groups excluding carboxylic acids is 1. The van der Waals surface area contributed by atoms with Gasteiger partial charge in [-0.15, -0.1) is 0 Å². The summed E-state index contributed by atoms with van der Waals surface area (Å²) in [5.74, 6) is 2.70. The third-order valence-electron chi connectivity index (χ3n) is 5.75. The molecule has 0 saturated heterocycles. The molecule has 6 heteroatoms. The van der Waals surface area contributed by atoms with E-state index in [1.54, 1.807) is 28.4 Å². The Hall–Kier alpha value is -3.28. The van der Waals surface area contributed by atoms with Gasteiger partial charge < -0.3 is 18.9 Å². The van der Waals surface area contributed by atoms with Gasteiger partial charge in [-0.25, -0.2) is 0 Å². The normalized spacial score (nSPS) is 12.2. The van der Waals surface area contributed by atoms with Gasteiger partial charge in [0, 0.05) is 18.2 Å². The van der Waals surface area contributed by atoms with Crippen LogP contribution in [-0.4, -0.2) is 34.2 Å². The van der Waals surface area contributed by atoms with Gasteiger partial charge in [-0.3, -0.25) is 4.79 Å². The molecule has 156 valence electrons. The molecule has 1 aliphatic heterocycles. The van der Waals surface area contributed by atoms with Crippen LogP contribution in [0.3, 0.4) is 0 Å². The summed E-state index contributed by atoms with van der Waals surface area (Å²) in [4.78, 5) is 13.2. The lowest BCUT2D eigenvalue weighted by Crippen LogP contribution is -2.41. The van der Waals surface area contributed by atoms with Crippen molar-refractivity contribution in [3.8, 4) is 34.3 Å². The van der Waals surface area contributed by atoms with Gasteiger partial charge in [0.05, 0.1) is 45.0 Å². The number of rotatable bonds is 6. The molecule has 0 unspecified atom stereocenters. The maximum absolute atomic E-state index is 13.2. The molecule has 0 radical (unpaired) electrons. The first-order valence-corrected chi connectivity index (χ1v) is 9.97. The number of ketones is 1. The van der Waals surface area contributed by atoms with Gasteiger partial charge in [-0.2, -0.15) is 4.57 Å². The minimum Gasteiger partial charge on any atom is -0.493 e. The molecule has 1 aliphatic rings. The Morgan fingerprint density at radius 3 is 2.27 bits per heavy atom. The van der Waals surface area contributed by atoms with Crippen molar-refractivity contribution in [1.29, 1.82) is 0 Å². The fourth-order valence-electron chi connectivity index (χ4n) is 4.30. The minimum atomic E-state index is 0.0826. The molecule has 2 heterocycles. The van der Waals surface area contributed by atoms with E-state index in [1.807, 2.05) is 31.2 Å². The highest BCUT2D eigenvalue weighted by Crippen LogP contribution is 2.42. The van der Waals surface area contributed by atoms with E-state index in [0.29, 0.717) is 35.0 Å². The lowest BCUT2D eigenvalue weighted by Gasteiger charge is -2.21. The zero-order valence-electron chi connectivity index (χ0n) is 18.0. The predicted molar refractivity (Wildman–Crippen MR) is 114 cm³/mol. The molecule has 1 aromatic heterocycles. The molecule has 6 nitrogen and oxygen atoms in total. The van der Waals surface area contributed by atoms with Crippen LogP contribution < -0.4 is 23.5 Å². The van der Waals surface area contributed by atoms with E-state index in [9.17, 15) is 4.79 Å². The Kier molecular flexibility index (Phi) is 5.24. The van der Waals surface area contributed by atoms with Crippen molar-refractivity contribution in [1.82, 2.24) is 0 Å². The molecule has 3 aromatic rings. The number of methoxy groups -OCH3 is 4. The van der Waals surface area contributed by atoms with Crippen LogP contribution in [0, 0.1) is 0 Å². The molecule has 0 spiro atoms. The molecule has 0 fully saturated rings. The summed E-state index contributed by atoms with van der Waals surface area (Å²) < 4.78 is 24.3. The Labute approximate surface area is 175 Å². The van der Waals surface area contributed by atoms with Crippen molar-refractivity contribution in [3.05, 3.63) is 41.6 Å². The van der Waals surface area contributed by atoms with Crippen LogP contribution in [-0.2, 0) is 13.0 Å².